The summed E-state index contributed by atoms with van der Waals surface area (Å²) in [6.07, 6.45) is -4.76. The number of ether oxygens (including phenoxy) is 1. The van der Waals surface area contributed by atoms with E-state index in [4.69, 9.17) is 5.11 Å². The van der Waals surface area contributed by atoms with E-state index < -0.39 is 18.4 Å². The van der Waals surface area contributed by atoms with E-state index in [0.29, 0.717) is 5.56 Å². The van der Waals surface area contributed by atoms with Crippen molar-refractivity contribution in [2.75, 3.05) is 0 Å². The summed E-state index contributed by atoms with van der Waals surface area (Å²) in [5, 5.41) is 11.9. The number of hydrogen-bond acceptors (Lipinski definition) is 3. The molecule has 0 bridgehead atoms. The Balaban J connectivity index is 2.74. The standard InChI is InChI=1S/C13H15BrF3NO3/c1-7(2)11(12(19)20)18-6-8-3-4-10(9(14)5-8)21-13(15,16)17/h3-5,7,11,18H,6H2,1-2H3,(H,19,20)/t11-/m1/s1. The maximum Gasteiger partial charge on any atom is 0.573 e. The van der Waals surface area contributed by atoms with E-state index in [-0.39, 0.29) is 22.7 Å². The highest BCUT2D eigenvalue weighted by Crippen LogP contribution is 2.31. The van der Waals surface area contributed by atoms with E-state index in [2.05, 4.69) is 26.0 Å². The number of nitrogens with one attached hydrogen (secondary N) is 1. The monoisotopic (exact) mass is 369 g/mol. The van der Waals surface area contributed by atoms with Crippen LogP contribution in [-0.4, -0.2) is 23.5 Å². The van der Waals surface area contributed by atoms with Gasteiger partial charge in [-0.2, -0.15) is 0 Å². The summed E-state index contributed by atoms with van der Waals surface area (Å²) < 4.78 is 40.4. The Labute approximate surface area is 128 Å². The topological polar surface area (TPSA) is 58.6 Å². The lowest BCUT2D eigenvalue weighted by Gasteiger charge is -2.18. The van der Waals surface area contributed by atoms with E-state index in [9.17, 15) is 18.0 Å². The molecule has 0 aliphatic heterocycles. The summed E-state index contributed by atoms with van der Waals surface area (Å²) in [6.45, 7) is 3.75. The second kappa shape index (κ2) is 7.13. The van der Waals surface area contributed by atoms with Gasteiger partial charge >= 0.3 is 12.3 Å². The van der Waals surface area contributed by atoms with Crippen LogP contribution in [0, 0.1) is 5.92 Å². The fraction of sp³-hybridized carbons (Fsp3) is 0.462. The number of hydrogen-bond donors (Lipinski definition) is 2. The Morgan fingerprint density at radius 1 is 1.43 bits per heavy atom. The lowest BCUT2D eigenvalue weighted by atomic mass is 10.0. The van der Waals surface area contributed by atoms with Crippen LogP contribution in [0.3, 0.4) is 0 Å². The molecule has 8 heteroatoms. The molecule has 0 amide bonds. The number of carboxylic acid groups (broad SMARTS) is 1. The molecule has 0 unspecified atom stereocenters. The van der Waals surface area contributed by atoms with Gasteiger partial charge in [-0.25, -0.2) is 0 Å². The predicted octanol–water partition coefficient (Wildman–Crippen LogP) is 3.55. The summed E-state index contributed by atoms with van der Waals surface area (Å²) in [4.78, 5) is 11.0. The summed E-state index contributed by atoms with van der Waals surface area (Å²) in [6, 6.07) is 3.35. The minimum absolute atomic E-state index is 0.112. The fourth-order valence-electron chi connectivity index (χ4n) is 1.70. The predicted molar refractivity (Wildman–Crippen MR) is 73.9 cm³/mol. The third-order valence-corrected chi connectivity index (χ3v) is 3.30. The molecule has 0 heterocycles. The molecular formula is C13H15BrF3NO3. The molecule has 0 radical (unpaired) electrons. The lowest BCUT2D eigenvalue weighted by molar-refractivity contribution is -0.274. The summed E-state index contributed by atoms with van der Waals surface area (Å²) >= 11 is 3.00. The van der Waals surface area contributed by atoms with Crippen molar-refractivity contribution in [1.29, 1.82) is 0 Å². The number of benzene rings is 1. The highest BCUT2D eigenvalue weighted by atomic mass is 79.9. The van der Waals surface area contributed by atoms with Gasteiger partial charge in [0.05, 0.1) is 4.47 Å². The van der Waals surface area contributed by atoms with Gasteiger partial charge in [0.1, 0.15) is 11.8 Å². The third-order valence-electron chi connectivity index (χ3n) is 2.68. The van der Waals surface area contributed by atoms with Crippen LogP contribution in [0.2, 0.25) is 0 Å². The molecular weight excluding hydrogens is 355 g/mol. The van der Waals surface area contributed by atoms with Crippen molar-refractivity contribution in [3.05, 3.63) is 28.2 Å². The fourth-order valence-corrected chi connectivity index (χ4v) is 2.20. The highest BCUT2D eigenvalue weighted by molar-refractivity contribution is 9.10. The maximum absolute atomic E-state index is 12.1. The molecule has 0 aliphatic rings. The van der Waals surface area contributed by atoms with Gasteiger partial charge in [0.2, 0.25) is 0 Å². The molecule has 1 aromatic rings. The molecule has 1 rings (SSSR count). The normalized spacial score (nSPS) is 13.3. The first kappa shape index (κ1) is 17.8. The number of rotatable bonds is 6. The zero-order chi connectivity index (χ0) is 16.2. The SMILES string of the molecule is CC(C)[C@@H](NCc1ccc(OC(F)(F)F)c(Br)c1)C(=O)O. The van der Waals surface area contributed by atoms with Crippen molar-refractivity contribution >= 4 is 21.9 Å². The van der Waals surface area contributed by atoms with Gasteiger partial charge in [-0.3, -0.25) is 4.79 Å². The van der Waals surface area contributed by atoms with Crippen molar-refractivity contribution in [3.8, 4) is 5.75 Å². The first-order chi connectivity index (χ1) is 9.60. The van der Waals surface area contributed by atoms with E-state index in [0.717, 1.165) is 0 Å². The van der Waals surface area contributed by atoms with Crippen LogP contribution in [0.25, 0.3) is 0 Å². The van der Waals surface area contributed by atoms with Gasteiger partial charge in [0.15, 0.2) is 0 Å². The summed E-state index contributed by atoms with van der Waals surface area (Å²) in [5.41, 5.74) is 0.642. The van der Waals surface area contributed by atoms with Crippen LogP contribution in [0.1, 0.15) is 19.4 Å². The molecule has 0 aromatic heterocycles. The van der Waals surface area contributed by atoms with Crippen LogP contribution in [0.5, 0.6) is 5.75 Å². The van der Waals surface area contributed by atoms with Crippen LogP contribution in [0.4, 0.5) is 13.2 Å². The van der Waals surface area contributed by atoms with Crippen molar-refractivity contribution in [2.24, 2.45) is 5.92 Å². The van der Waals surface area contributed by atoms with Gasteiger partial charge in [0, 0.05) is 6.54 Å². The Hall–Kier alpha value is -1.28. The van der Waals surface area contributed by atoms with Crippen LogP contribution in [0.15, 0.2) is 22.7 Å². The molecule has 1 atom stereocenters. The Kier molecular flexibility index (Phi) is 6.03. The van der Waals surface area contributed by atoms with Gasteiger partial charge < -0.3 is 15.2 Å². The second-order valence-electron chi connectivity index (χ2n) is 4.75. The number of carboxylic acids is 1. The van der Waals surface area contributed by atoms with E-state index in [1.165, 1.54) is 18.2 Å². The number of halogens is 4. The quantitative estimate of drug-likeness (QED) is 0.804. The van der Waals surface area contributed by atoms with Gasteiger partial charge in [-0.1, -0.05) is 19.9 Å². The van der Waals surface area contributed by atoms with Gasteiger partial charge in [0.25, 0.3) is 0 Å². The van der Waals surface area contributed by atoms with E-state index in [1.807, 2.05) is 0 Å². The Morgan fingerprint density at radius 3 is 2.48 bits per heavy atom. The van der Waals surface area contributed by atoms with Crippen molar-refractivity contribution in [1.82, 2.24) is 5.32 Å². The molecule has 21 heavy (non-hydrogen) atoms. The first-order valence-electron chi connectivity index (χ1n) is 6.10. The largest absolute Gasteiger partial charge is 0.573 e. The van der Waals surface area contributed by atoms with Crippen LogP contribution in [-0.2, 0) is 11.3 Å². The number of carbonyl (C=O) groups is 1. The van der Waals surface area contributed by atoms with Gasteiger partial charge in [-0.15, -0.1) is 13.2 Å². The van der Waals surface area contributed by atoms with Crippen molar-refractivity contribution in [3.63, 3.8) is 0 Å². The summed E-state index contributed by atoms with van der Waals surface area (Å²) in [7, 11) is 0. The van der Waals surface area contributed by atoms with Crippen LogP contribution < -0.4 is 10.1 Å². The average molecular weight is 370 g/mol. The van der Waals surface area contributed by atoms with E-state index in [1.54, 1.807) is 13.8 Å². The minimum Gasteiger partial charge on any atom is -0.480 e. The Morgan fingerprint density at radius 2 is 2.05 bits per heavy atom. The molecule has 0 fully saturated rings. The van der Waals surface area contributed by atoms with E-state index >= 15 is 0 Å². The highest BCUT2D eigenvalue weighted by Gasteiger charge is 2.32. The molecule has 0 saturated carbocycles. The molecule has 0 spiro atoms. The molecule has 0 saturated heterocycles. The summed E-state index contributed by atoms with van der Waals surface area (Å²) in [5.74, 6) is -1.43. The van der Waals surface area contributed by atoms with Gasteiger partial charge in [-0.05, 0) is 39.5 Å². The molecule has 4 nitrogen and oxygen atoms in total. The second-order valence-corrected chi connectivity index (χ2v) is 5.61. The zero-order valence-electron chi connectivity index (χ0n) is 11.4. The van der Waals surface area contributed by atoms with Crippen molar-refractivity contribution < 1.29 is 27.8 Å². The van der Waals surface area contributed by atoms with Crippen LogP contribution >= 0.6 is 15.9 Å². The Bertz CT molecular complexity index is 506. The number of alkyl halides is 3. The minimum atomic E-state index is -4.76. The molecule has 1 aromatic carbocycles. The smallest absolute Gasteiger partial charge is 0.480 e. The lowest BCUT2D eigenvalue weighted by Crippen LogP contribution is -2.40. The molecule has 2 N–H and O–H groups in total. The maximum atomic E-state index is 12.1. The zero-order valence-corrected chi connectivity index (χ0v) is 13.0. The number of aliphatic carboxylic acids is 1. The third kappa shape index (κ3) is 5.92. The first-order valence-corrected chi connectivity index (χ1v) is 6.90. The molecule has 118 valence electrons. The van der Waals surface area contributed by atoms with Crippen molar-refractivity contribution in [2.45, 2.75) is 32.8 Å². The average Bonchev–Trinajstić information content (AvgIpc) is 2.30. The molecule has 0 aliphatic carbocycles.